The first-order chi connectivity index (χ1) is 9.63. The second-order valence-corrected chi connectivity index (χ2v) is 7.76. The molecule has 0 spiro atoms. The maximum Gasteiger partial charge on any atom is 0.0576 e. The van der Waals surface area contributed by atoms with E-state index in [1.165, 1.54) is 24.8 Å². The standard InChI is InChI=1S/C17H27NOS/c1-13(2)14-9-11-15(12-10-14)20(19)17-8-6-4-5-7-16(17)18-3/h9-13,16-18H,4-8H2,1-3H3. The summed E-state index contributed by atoms with van der Waals surface area (Å²) in [5, 5.41) is 3.64. The Morgan fingerprint density at radius 1 is 1.10 bits per heavy atom. The molecule has 1 N–H and O–H groups in total. The summed E-state index contributed by atoms with van der Waals surface area (Å²) in [6.45, 7) is 4.38. The van der Waals surface area contributed by atoms with Crippen molar-refractivity contribution in [2.75, 3.05) is 7.05 Å². The third kappa shape index (κ3) is 3.70. The summed E-state index contributed by atoms with van der Waals surface area (Å²) in [5.41, 5.74) is 1.32. The minimum atomic E-state index is -0.895. The van der Waals surface area contributed by atoms with Crippen LogP contribution in [0.25, 0.3) is 0 Å². The predicted octanol–water partition coefficient (Wildman–Crippen LogP) is 3.84. The highest BCUT2D eigenvalue weighted by Crippen LogP contribution is 2.26. The Hall–Kier alpha value is -0.670. The predicted molar refractivity (Wildman–Crippen MR) is 86.7 cm³/mol. The highest BCUT2D eigenvalue weighted by Gasteiger charge is 2.28. The minimum absolute atomic E-state index is 0.257. The summed E-state index contributed by atoms with van der Waals surface area (Å²) >= 11 is 0. The summed E-state index contributed by atoms with van der Waals surface area (Å²) < 4.78 is 12.9. The quantitative estimate of drug-likeness (QED) is 0.855. The van der Waals surface area contributed by atoms with Gasteiger partial charge in [-0.1, -0.05) is 45.2 Å². The van der Waals surface area contributed by atoms with Crippen molar-refractivity contribution >= 4 is 10.8 Å². The highest BCUT2D eigenvalue weighted by atomic mass is 32.2. The fourth-order valence-electron chi connectivity index (χ4n) is 3.02. The van der Waals surface area contributed by atoms with E-state index in [1.807, 2.05) is 7.05 Å². The Kier molecular flexibility index (Phi) is 5.79. The number of hydrogen-bond acceptors (Lipinski definition) is 2. The molecule has 112 valence electrons. The Balaban J connectivity index is 2.15. The highest BCUT2D eigenvalue weighted by molar-refractivity contribution is 7.85. The molecule has 3 unspecified atom stereocenters. The topological polar surface area (TPSA) is 29.1 Å². The van der Waals surface area contributed by atoms with E-state index < -0.39 is 10.8 Å². The lowest BCUT2D eigenvalue weighted by Gasteiger charge is -2.24. The first-order valence-electron chi connectivity index (χ1n) is 7.81. The summed E-state index contributed by atoms with van der Waals surface area (Å²) in [5.74, 6) is 0.528. The third-order valence-corrected chi connectivity index (χ3v) is 6.23. The van der Waals surface area contributed by atoms with Gasteiger partial charge in [0, 0.05) is 10.9 Å². The first kappa shape index (κ1) is 15.7. The van der Waals surface area contributed by atoms with Gasteiger partial charge in [0.05, 0.1) is 16.0 Å². The molecule has 0 bridgehead atoms. The van der Waals surface area contributed by atoms with Crippen LogP contribution in [-0.4, -0.2) is 22.5 Å². The van der Waals surface area contributed by atoms with E-state index in [2.05, 4.69) is 43.4 Å². The van der Waals surface area contributed by atoms with E-state index in [0.717, 1.165) is 17.7 Å². The lowest BCUT2D eigenvalue weighted by atomic mass is 10.0. The normalized spacial score (nSPS) is 25.4. The molecule has 20 heavy (non-hydrogen) atoms. The van der Waals surface area contributed by atoms with E-state index in [-0.39, 0.29) is 5.25 Å². The molecule has 3 atom stereocenters. The Morgan fingerprint density at radius 2 is 1.75 bits per heavy atom. The minimum Gasteiger partial charge on any atom is -0.316 e. The van der Waals surface area contributed by atoms with Gasteiger partial charge in [0.1, 0.15) is 0 Å². The van der Waals surface area contributed by atoms with E-state index >= 15 is 0 Å². The molecule has 2 nitrogen and oxygen atoms in total. The molecule has 1 aromatic rings. The van der Waals surface area contributed by atoms with Crippen molar-refractivity contribution in [2.45, 2.75) is 68.1 Å². The zero-order valence-corrected chi connectivity index (χ0v) is 13.7. The third-order valence-electron chi connectivity index (χ3n) is 4.38. The van der Waals surface area contributed by atoms with Gasteiger partial charge in [0.15, 0.2) is 0 Å². The van der Waals surface area contributed by atoms with Crippen molar-refractivity contribution in [1.82, 2.24) is 5.32 Å². The van der Waals surface area contributed by atoms with Crippen LogP contribution in [0.4, 0.5) is 0 Å². The van der Waals surface area contributed by atoms with E-state index in [4.69, 9.17) is 0 Å². The molecule has 2 rings (SSSR count). The molecule has 0 saturated heterocycles. The summed E-state index contributed by atoms with van der Waals surface area (Å²) in [6.07, 6.45) is 5.96. The number of rotatable bonds is 4. The van der Waals surface area contributed by atoms with Crippen LogP contribution in [0.5, 0.6) is 0 Å². The van der Waals surface area contributed by atoms with Gasteiger partial charge in [-0.15, -0.1) is 0 Å². The Bertz CT molecular complexity index is 441. The van der Waals surface area contributed by atoms with Crippen molar-refractivity contribution in [3.63, 3.8) is 0 Å². The maximum absolute atomic E-state index is 12.9. The van der Waals surface area contributed by atoms with Gasteiger partial charge in [0.2, 0.25) is 0 Å². The lowest BCUT2D eigenvalue weighted by molar-refractivity contribution is 0.500. The molecular weight excluding hydrogens is 266 g/mol. The molecule has 0 radical (unpaired) electrons. The molecule has 1 aliphatic carbocycles. The zero-order valence-electron chi connectivity index (χ0n) is 12.9. The first-order valence-corrected chi connectivity index (χ1v) is 9.02. The molecule has 1 fully saturated rings. The van der Waals surface area contributed by atoms with Crippen LogP contribution in [0.3, 0.4) is 0 Å². The van der Waals surface area contributed by atoms with Crippen LogP contribution in [-0.2, 0) is 10.8 Å². The van der Waals surface area contributed by atoms with Crippen molar-refractivity contribution in [3.05, 3.63) is 29.8 Å². The van der Waals surface area contributed by atoms with Gasteiger partial charge in [-0.05, 0) is 43.5 Å². The summed E-state index contributed by atoms with van der Waals surface area (Å²) in [6, 6.07) is 8.76. The van der Waals surface area contributed by atoms with Gasteiger partial charge in [-0.3, -0.25) is 4.21 Å². The molecule has 0 aromatic heterocycles. The summed E-state index contributed by atoms with van der Waals surface area (Å²) in [7, 11) is 1.11. The van der Waals surface area contributed by atoms with Crippen LogP contribution < -0.4 is 5.32 Å². The van der Waals surface area contributed by atoms with Gasteiger partial charge in [-0.25, -0.2) is 0 Å². The molecule has 0 aliphatic heterocycles. The van der Waals surface area contributed by atoms with Crippen LogP contribution in [0.1, 0.15) is 57.4 Å². The zero-order chi connectivity index (χ0) is 14.5. The molecule has 3 heteroatoms. The van der Waals surface area contributed by atoms with Crippen molar-refractivity contribution in [1.29, 1.82) is 0 Å². The number of nitrogens with one attached hydrogen (secondary N) is 1. The largest absolute Gasteiger partial charge is 0.316 e. The SMILES string of the molecule is CNC1CCCCCC1S(=O)c1ccc(C(C)C)cc1. The van der Waals surface area contributed by atoms with E-state index in [9.17, 15) is 4.21 Å². The molecule has 0 heterocycles. The maximum atomic E-state index is 12.9. The molecular formula is C17H27NOS. The Morgan fingerprint density at radius 3 is 2.35 bits per heavy atom. The average Bonchev–Trinajstić information content (AvgIpc) is 2.71. The van der Waals surface area contributed by atoms with Gasteiger partial charge in [0.25, 0.3) is 0 Å². The fraction of sp³-hybridized carbons (Fsp3) is 0.647. The average molecular weight is 293 g/mol. The lowest BCUT2D eigenvalue weighted by Crippen LogP contribution is -2.39. The van der Waals surface area contributed by atoms with Crippen molar-refractivity contribution in [3.8, 4) is 0 Å². The fourth-order valence-corrected chi connectivity index (χ4v) is 4.73. The van der Waals surface area contributed by atoms with E-state index in [0.29, 0.717) is 12.0 Å². The molecule has 1 aromatic carbocycles. The van der Waals surface area contributed by atoms with Crippen LogP contribution >= 0.6 is 0 Å². The smallest absolute Gasteiger partial charge is 0.0576 e. The number of hydrogen-bond donors (Lipinski definition) is 1. The van der Waals surface area contributed by atoms with Gasteiger partial charge < -0.3 is 5.32 Å². The van der Waals surface area contributed by atoms with Crippen LogP contribution in [0.2, 0.25) is 0 Å². The van der Waals surface area contributed by atoms with Crippen molar-refractivity contribution in [2.24, 2.45) is 0 Å². The van der Waals surface area contributed by atoms with Gasteiger partial charge >= 0.3 is 0 Å². The Labute approximate surface area is 125 Å². The van der Waals surface area contributed by atoms with Crippen LogP contribution in [0, 0.1) is 0 Å². The number of benzene rings is 1. The second-order valence-electron chi connectivity index (χ2n) is 6.09. The molecule has 1 saturated carbocycles. The van der Waals surface area contributed by atoms with E-state index in [1.54, 1.807) is 0 Å². The van der Waals surface area contributed by atoms with Crippen molar-refractivity contribution < 1.29 is 4.21 Å². The second kappa shape index (κ2) is 7.37. The van der Waals surface area contributed by atoms with Gasteiger partial charge in [-0.2, -0.15) is 0 Å². The summed E-state index contributed by atoms with van der Waals surface area (Å²) in [4.78, 5) is 0.988. The van der Waals surface area contributed by atoms with Crippen LogP contribution in [0.15, 0.2) is 29.2 Å². The molecule has 0 amide bonds. The molecule has 1 aliphatic rings. The monoisotopic (exact) mass is 293 g/mol.